The van der Waals surface area contributed by atoms with E-state index in [0.717, 1.165) is 11.3 Å². The van der Waals surface area contributed by atoms with Crippen molar-refractivity contribution in [3.63, 3.8) is 0 Å². The van der Waals surface area contributed by atoms with Crippen LogP contribution in [0, 0.1) is 17.2 Å². The first kappa shape index (κ1) is 13.5. The summed E-state index contributed by atoms with van der Waals surface area (Å²) in [6.45, 7) is 0. The lowest BCUT2D eigenvalue weighted by molar-refractivity contribution is -0.124. The van der Waals surface area contributed by atoms with Gasteiger partial charge in [0.15, 0.2) is 6.29 Å². The maximum absolute atomic E-state index is 9.13. The summed E-state index contributed by atoms with van der Waals surface area (Å²) in [4.78, 5) is 0. The number of rotatable bonds is 6. The number of hydrogen-bond acceptors (Lipinski definition) is 4. The number of nitriles is 1. The van der Waals surface area contributed by atoms with E-state index in [2.05, 4.69) is 6.07 Å². The lowest BCUT2D eigenvalue weighted by Gasteiger charge is -2.19. The molecule has 0 aliphatic carbocycles. The summed E-state index contributed by atoms with van der Waals surface area (Å²) in [7, 11) is 4.67. The number of benzene rings is 1. The number of nitrogens with zero attached hydrogens (tertiary/aromatic N) is 1. The van der Waals surface area contributed by atoms with E-state index in [9.17, 15) is 0 Å². The Bertz CT molecular complexity index is 382. The van der Waals surface area contributed by atoms with Gasteiger partial charge in [0.2, 0.25) is 0 Å². The molecule has 1 aromatic carbocycles. The highest BCUT2D eigenvalue weighted by molar-refractivity contribution is 5.34. The maximum atomic E-state index is 9.13. The molecule has 0 amide bonds. The number of methoxy groups -OCH3 is 3. The molecule has 1 unspecified atom stereocenters. The number of ether oxygens (including phenoxy) is 3. The summed E-state index contributed by atoms with van der Waals surface area (Å²) >= 11 is 0. The zero-order valence-electron chi connectivity index (χ0n) is 10.3. The van der Waals surface area contributed by atoms with E-state index >= 15 is 0 Å². The first-order valence-electron chi connectivity index (χ1n) is 5.34. The van der Waals surface area contributed by atoms with Crippen LogP contribution in [0.25, 0.3) is 0 Å². The maximum Gasteiger partial charge on any atom is 0.172 e. The minimum absolute atomic E-state index is 0.360. The fourth-order valence-electron chi connectivity index (χ4n) is 1.74. The molecular formula is C13H17NO3. The second-order valence-electron chi connectivity index (χ2n) is 3.59. The molecule has 17 heavy (non-hydrogen) atoms. The molecule has 4 nitrogen and oxygen atoms in total. The molecule has 92 valence electrons. The second kappa shape index (κ2) is 6.89. The summed E-state index contributed by atoms with van der Waals surface area (Å²) in [6.07, 6.45) is 0.0114. The van der Waals surface area contributed by atoms with Crippen LogP contribution >= 0.6 is 0 Å². The van der Waals surface area contributed by atoms with E-state index in [4.69, 9.17) is 19.5 Å². The van der Waals surface area contributed by atoms with E-state index in [1.54, 1.807) is 7.11 Å². The van der Waals surface area contributed by atoms with Crippen LogP contribution in [-0.4, -0.2) is 27.6 Å². The Hall–Kier alpha value is -1.57. The van der Waals surface area contributed by atoms with E-state index in [0.29, 0.717) is 6.42 Å². The highest BCUT2D eigenvalue weighted by Gasteiger charge is 2.22. The van der Waals surface area contributed by atoms with Gasteiger partial charge in [-0.05, 0) is 18.1 Å². The highest BCUT2D eigenvalue weighted by Crippen LogP contribution is 2.23. The molecule has 0 fully saturated rings. The van der Waals surface area contributed by atoms with Crippen molar-refractivity contribution < 1.29 is 14.2 Å². The average Bonchev–Trinajstić information content (AvgIpc) is 2.39. The van der Waals surface area contributed by atoms with Crippen LogP contribution < -0.4 is 4.74 Å². The van der Waals surface area contributed by atoms with Gasteiger partial charge in [-0.25, -0.2) is 0 Å². The van der Waals surface area contributed by atoms with E-state index in [1.807, 2.05) is 24.3 Å². The monoisotopic (exact) mass is 235 g/mol. The Morgan fingerprint density at radius 3 is 2.35 bits per heavy atom. The molecule has 1 aromatic rings. The quantitative estimate of drug-likeness (QED) is 0.708. The molecule has 0 heterocycles. The summed E-state index contributed by atoms with van der Waals surface area (Å²) in [6, 6.07) is 9.82. The fraction of sp³-hybridized carbons (Fsp3) is 0.462. The van der Waals surface area contributed by atoms with Crippen molar-refractivity contribution in [2.24, 2.45) is 5.92 Å². The van der Waals surface area contributed by atoms with Crippen molar-refractivity contribution in [1.29, 1.82) is 5.26 Å². The third-order valence-electron chi connectivity index (χ3n) is 2.59. The first-order chi connectivity index (χ1) is 8.26. The van der Waals surface area contributed by atoms with Crippen molar-refractivity contribution in [3.05, 3.63) is 29.8 Å². The van der Waals surface area contributed by atoms with Crippen LogP contribution in [0.2, 0.25) is 0 Å². The summed E-state index contributed by atoms with van der Waals surface area (Å²) in [5.41, 5.74) is 0.973. The molecule has 4 heteroatoms. The summed E-state index contributed by atoms with van der Waals surface area (Å²) < 4.78 is 15.5. The second-order valence-corrected chi connectivity index (χ2v) is 3.59. The lowest BCUT2D eigenvalue weighted by atomic mass is 9.99. The van der Waals surface area contributed by atoms with Crippen LogP contribution in [-0.2, 0) is 15.9 Å². The van der Waals surface area contributed by atoms with Gasteiger partial charge < -0.3 is 14.2 Å². The van der Waals surface area contributed by atoms with Crippen molar-refractivity contribution >= 4 is 0 Å². The van der Waals surface area contributed by atoms with E-state index < -0.39 is 6.29 Å². The van der Waals surface area contributed by atoms with Crippen molar-refractivity contribution in [1.82, 2.24) is 0 Å². The Balaban J connectivity index is 2.84. The molecule has 0 radical (unpaired) electrons. The molecule has 1 atom stereocenters. The van der Waals surface area contributed by atoms with Crippen LogP contribution in [0.15, 0.2) is 24.3 Å². The van der Waals surface area contributed by atoms with Gasteiger partial charge in [-0.3, -0.25) is 0 Å². The molecule has 0 aliphatic heterocycles. The van der Waals surface area contributed by atoms with Crippen LogP contribution in [0.4, 0.5) is 0 Å². The zero-order chi connectivity index (χ0) is 12.7. The molecule has 0 spiro atoms. The first-order valence-corrected chi connectivity index (χ1v) is 5.34. The Labute approximate surface area is 102 Å². The van der Waals surface area contributed by atoms with Crippen LogP contribution in [0.3, 0.4) is 0 Å². The van der Waals surface area contributed by atoms with Gasteiger partial charge in [-0.1, -0.05) is 18.2 Å². The standard InChI is InChI=1S/C13H17NO3/c1-15-12-7-5-4-6-10(12)8-11(9-14)13(16-2)17-3/h4-7,11,13H,8H2,1-3H3. The molecule has 0 saturated carbocycles. The highest BCUT2D eigenvalue weighted by atomic mass is 16.7. The van der Waals surface area contributed by atoms with Gasteiger partial charge in [0.25, 0.3) is 0 Å². The van der Waals surface area contributed by atoms with Gasteiger partial charge in [0, 0.05) is 14.2 Å². The Morgan fingerprint density at radius 1 is 1.18 bits per heavy atom. The third kappa shape index (κ3) is 3.45. The van der Waals surface area contributed by atoms with E-state index in [1.165, 1.54) is 14.2 Å². The normalized spacial score (nSPS) is 12.2. The molecule has 0 aromatic heterocycles. The lowest BCUT2D eigenvalue weighted by Crippen LogP contribution is -2.25. The summed E-state index contributed by atoms with van der Waals surface area (Å²) in [5, 5.41) is 9.13. The van der Waals surface area contributed by atoms with Gasteiger partial charge in [0.05, 0.1) is 13.2 Å². The predicted octanol–water partition coefficient (Wildman–Crippen LogP) is 2.00. The third-order valence-corrected chi connectivity index (χ3v) is 2.59. The fourth-order valence-corrected chi connectivity index (χ4v) is 1.74. The van der Waals surface area contributed by atoms with Gasteiger partial charge in [0.1, 0.15) is 11.7 Å². The number of hydrogen-bond donors (Lipinski definition) is 0. The van der Waals surface area contributed by atoms with Crippen molar-refractivity contribution in [2.45, 2.75) is 12.7 Å². The molecule has 0 aliphatic rings. The van der Waals surface area contributed by atoms with Gasteiger partial charge in [-0.15, -0.1) is 0 Å². The summed E-state index contributed by atoms with van der Waals surface area (Å²) in [5.74, 6) is 0.417. The minimum atomic E-state index is -0.523. The average molecular weight is 235 g/mol. The van der Waals surface area contributed by atoms with Crippen LogP contribution in [0.1, 0.15) is 5.56 Å². The molecule has 0 N–H and O–H groups in total. The number of para-hydroxylation sites is 1. The SMILES string of the molecule is COc1ccccc1CC(C#N)C(OC)OC. The predicted molar refractivity (Wildman–Crippen MR) is 63.6 cm³/mol. The molecule has 1 rings (SSSR count). The molecule has 0 bridgehead atoms. The Kier molecular flexibility index (Phi) is 5.47. The van der Waals surface area contributed by atoms with Crippen molar-refractivity contribution in [2.75, 3.05) is 21.3 Å². The van der Waals surface area contributed by atoms with Crippen LogP contribution in [0.5, 0.6) is 5.75 Å². The smallest absolute Gasteiger partial charge is 0.172 e. The molecular weight excluding hydrogens is 218 g/mol. The van der Waals surface area contributed by atoms with Gasteiger partial charge >= 0.3 is 0 Å². The Morgan fingerprint density at radius 2 is 1.82 bits per heavy atom. The van der Waals surface area contributed by atoms with E-state index in [-0.39, 0.29) is 5.92 Å². The largest absolute Gasteiger partial charge is 0.496 e. The van der Waals surface area contributed by atoms with Crippen molar-refractivity contribution in [3.8, 4) is 11.8 Å². The topological polar surface area (TPSA) is 51.5 Å². The molecule has 0 saturated heterocycles. The zero-order valence-corrected chi connectivity index (χ0v) is 10.3. The van der Waals surface area contributed by atoms with Gasteiger partial charge in [-0.2, -0.15) is 5.26 Å². The minimum Gasteiger partial charge on any atom is -0.496 e.